The fourth-order valence-corrected chi connectivity index (χ4v) is 2.23. The molecule has 1 saturated heterocycles. The SMILES string of the molecule is CCC1(C)COC(c2ccc(OC)c(OC)c2)CN1. The van der Waals surface area contributed by atoms with Crippen LogP contribution in [0.25, 0.3) is 0 Å². The third-order valence-corrected chi connectivity index (χ3v) is 3.88. The number of hydrogen-bond donors (Lipinski definition) is 1. The monoisotopic (exact) mass is 265 g/mol. The fourth-order valence-electron chi connectivity index (χ4n) is 2.23. The number of nitrogens with one attached hydrogen (secondary N) is 1. The highest BCUT2D eigenvalue weighted by Crippen LogP contribution is 2.32. The standard InChI is InChI=1S/C15H23NO3/c1-5-15(2)10-19-14(9-16-15)11-6-7-12(17-3)13(8-11)18-4/h6-8,14,16H,5,9-10H2,1-4H3. The maximum atomic E-state index is 5.98. The second-order valence-electron chi connectivity index (χ2n) is 5.21. The summed E-state index contributed by atoms with van der Waals surface area (Å²) >= 11 is 0. The zero-order valence-electron chi connectivity index (χ0n) is 12.2. The number of morpholine rings is 1. The second-order valence-corrected chi connectivity index (χ2v) is 5.21. The van der Waals surface area contributed by atoms with E-state index in [-0.39, 0.29) is 11.6 Å². The van der Waals surface area contributed by atoms with E-state index < -0.39 is 0 Å². The lowest BCUT2D eigenvalue weighted by Gasteiger charge is -2.38. The van der Waals surface area contributed by atoms with Crippen molar-refractivity contribution in [2.24, 2.45) is 0 Å². The van der Waals surface area contributed by atoms with Crippen LogP contribution in [0.4, 0.5) is 0 Å². The molecular weight excluding hydrogens is 242 g/mol. The maximum absolute atomic E-state index is 5.98. The molecule has 1 aromatic rings. The van der Waals surface area contributed by atoms with Crippen molar-refractivity contribution in [3.8, 4) is 11.5 Å². The van der Waals surface area contributed by atoms with Crippen LogP contribution in [0.1, 0.15) is 31.9 Å². The lowest BCUT2D eigenvalue weighted by molar-refractivity contribution is -0.0300. The third-order valence-electron chi connectivity index (χ3n) is 3.88. The van der Waals surface area contributed by atoms with E-state index in [2.05, 4.69) is 19.2 Å². The molecule has 4 heteroatoms. The van der Waals surface area contributed by atoms with Crippen molar-refractivity contribution in [1.82, 2.24) is 5.32 Å². The number of hydrogen-bond acceptors (Lipinski definition) is 4. The van der Waals surface area contributed by atoms with Crippen LogP contribution in [0, 0.1) is 0 Å². The first kappa shape index (κ1) is 14.2. The summed E-state index contributed by atoms with van der Waals surface area (Å²) in [7, 11) is 3.29. The first-order chi connectivity index (χ1) is 9.11. The van der Waals surface area contributed by atoms with Crippen LogP contribution in [0.5, 0.6) is 11.5 Å². The highest BCUT2D eigenvalue weighted by molar-refractivity contribution is 5.43. The van der Waals surface area contributed by atoms with Crippen LogP contribution >= 0.6 is 0 Å². The molecule has 106 valence electrons. The van der Waals surface area contributed by atoms with Crippen LogP contribution < -0.4 is 14.8 Å². The molecule has 1 heterocycles. The molecule has 4 nitrogen and oxygen atoms in total. The molecule has 2 rings (SSSR count). The number of ether oxygens (including phenoxy) is 3. The van der Waals surface area contributed by atoms with Gasteiger partial charge in [-0.1, -0.05) is 13.0 Å². The van der Waals surface area contributed by atoms with Gasteiger partial charge in [-0.15, -0.1) is 0 Å². The van der Waals surface area contributed by atoms with Gasteiger partial charge in [0.05, 0.1) is 26.9 Å². The molecule has 0 saturated carbocycles. The molecule has 1 aliphatic heterocycles. The van der Waals surface area contributed by atoms with Gasteiger partial charge in [0.2, 0.25) is 0 Å². The van der Waals surface area contributed by atoms with E-state index in [1.165, 1.54) is 0 Å². The zero-order chi connectivity index (χ0) is 13.9. The van der Waals surface area contributed by atoms with Crippen LogP contribution in [0.3, 0.4) is 0 Å². The number of methoxy groups -OCH3 is 2. The van der Waals surface area contributed by atoms with Gasteiger partial charge in [0.15, 0.2) is 11.5 Å². The smallest absolute Gasteiger partial charge is 0.161 e. The maximum Gasteiger partial charge on any atom is 0.161 e. The van der Waals surface area contributed by atoms with Crippen molar-refractivity contribution >= 4 is 0 Å². The molecule has 1 aromatic carbocycles. The normalized spacial score (nSPS) is 27.1. The van der Waals surface area contributed by atoms with Gasteiger partial charge in [-0.3, -0.25) is 0 Å². The van der Waals surface area contributed by atoms with Crippen LogP contribution in [-0.4, -0.2) is 32.9 Å². The van der Waals surface area contributed by atoms with Gasteiger partial charge in [0, 0.05) is 12.1 Å². The van der Waals surface area contributed by atoms with Crippen LogP contribution in [0.15, 0.2) is 18.2 Å². The van der Waals surface area contributed by atoms with Gasteiger partial charge in [0.25, 0.3) is 0 Å². The van der Waals surface area contributed by atoms with E-state index in [0.29, 0.717) is 0 Å². The molecule has 1 fully saturated rings. The summed E-state index contributed by atoms with van der Waals surface area (Å²) in [5, 5.41) is 3.56. The quantitative estimate of drug-likeness (QED) is 0.908. The van der Waals surface area contributed by atoms with E-state index in [0.717, 1.165) is 36.6 Å². The molecule has 0 bridgehead atoms. The Hall–Kier alpha value is -1.26. The van der Waals surface area contributed by atoms with Crippen molar-refractivity contribution in [3.63, 3.8) is 0 Å². The molecule has 0 aliphatic carbocycles. The van der Waals surface area contributed by atoms with Gasteiger partial charge in [-0.25, -0.2) is 0 Å². The molecule has 1 aliphatic rings. The molecule has 2 atom stereocenters. The Morgan fingerprint density at radius 1 is 1.32 bits per heavy atom. The molecular formula is C15H23NO3. The average Bonchev–Trinajstić information content (AvgIpc) is 2.47. The highest BCUT2D eigenvalue weighted by Gasteiger charge is 2.30. The minimum atomic E-state index is 0.0689. The molecule has 1 N–H and O–H groups in total. The Morgan fingerprint density at radius 3 is 2.58 bits per heavy atom. The summed E-state index contributed by atoms with van der Waals surface area (Å²) in [5.74, 6) is 1.49. The lowest BCUT2D eigenvalue weighted by Crippen LogP contribution is -2.52. The Kier molecular flexibility index (Phi) is 4.32. The van der Waals surface area contributed by atoms with Crippen molar-refractivity contribution in [2.75, 3.05) is 27.4 Å². The van der Waals surface area contributed by atoms with E-state index in [4.69, 9.17) is 14.2 Å². The zero-order valence-corrected chi connectivity index (χ0v) is 12.2. The summed E-state index contributed by atoms with van der Waals surface area (Å²) in [5.41, 5.74) is 1.20. The second kappa shape index (κ2) is 5.80. The topological polar surface area (TPSA) is 39.7 Å². The van der Waals surface area contributed by atoms with E-state index in [1.54, 1.807) is 14.2 Å². The minimum Gasteiger partial charge on any atom is -0.493 e. The van der Waals surface area contributed by atoms with Crippen molar-refractivity contribution in [3.05, 3.63) is 23.8 Å². The fraction of sp³-hybridized carbons (Fsp3) is 0.600. The third kappa shape index (κ3) is 3.01. The predicted octanol–water partition coefficient (Wildman–Crippen LogP) is 2.53. The van der Waals surface area contributed by atoms with Crippen molar-refractivity contribution < 1.29 is 14.2 Å². The van der Waals surface area contributed by atoms with Crippen molar-refractivity contribution in [1.29, 1.82) is 0 Å². The van der Waals surface area contributed by atoms with Crippen molar-refractivity contribution in [2.45, 2.75) is 31.9 Å². The van der Waals surface area contributed by atoms with E-state index in [9.17, 15) is 0 Å². The van der Waals surface area contributed by atoms with E-state index >= 15 is 0 Å². The molecule has 0 spiro atoms. The summed E-state index contributed by atoms with van der Waals surface area (Å²) in [6, 6.07) is 5.94. The molecule has 0 amide bonds. The lowest BCUT2D eigenvalue weighted by atomic mass is 9.96. The van der Waals surface area contributed by atoms with Gasteiger partial charge in [-0.05, 0) is 31.0 Å². The minimum absolute atomic E-state index is 0.0689. The van der Waals surface area contributed by atoms with E-state index in [1.807, 2.05) is 18.2 Å². The molecule has 0 radical (unpaired) electrons. The Bertz CT molecular complexity index is 425. The highest BCUT2D eigenvalue weighted by atomic mass is 16.5. The van der Waals surface area contributed by atoms with Crippen LogP contribution in [-0.2, 0) is 4.74 Å². The molecule has 19 heavy (non-hydrogen) atoms. The van der Waals surface area contributed by atoms with Crippen LogP contribution in [0.2, 0.25) is 0 Å². The summed E-state index contributed by atoms with van der Waals surface area (Å²) in [4.78, 5) is 0. The Labute approximate surface area is 115 Å². The average molecular weight is 265 g/mol. The van der Waals surface area contributed by atoms with Gasteiger partial charge in [-0.2, -0.15) is 0 Å². The molecule has 0 aromatic heterocycles. The Balaban J connectivity index is 2.11. The van der Waals surface area contributed by atoms with Gasteiger partial charge < -0.3 is 19.5 Å². The summed E-state index contributed by atoms with van der Waals surface area (Å²) in [6.07, 6.45) is 1.13. The largest absolute Gasteiger partial charge is 0.493 e. The Morgan fingerprint density at radius 2 is 2.05 bits per heavy atom. The first-order valence-corrected chi connectivity index (χ1v) is 6.70. The van der Waals surface area contributed by atoms with Gasteiger partial charge >= 0.3 is 0 Å². The molecule has 2 unspecified atom stereocenters. The summed E-state index contributed by atoms with van der Waals surface area (Å²) in [6.45, 7) is 5.91. The first-order valence-electron chi connectivity index (χ1n) is 6.70. The predicted molar refractivity (Wildman–Crippen MR) is 74.9 cm³/mol. The number of benzene rings is 1. The summed E-state index contributed by atoms with van der Waals surface area (Å²) < 4.78 is 16.6. The number of rotatable bonds is 4. The van der Waals surface area contributed by atoms with Gasteiger partial charge in [0.1, 0.15) is 0 Å².